The average Bonchev–Trinajstić information content (AvgIpc) is 3.45. The van der Waals surface area contributed by atoms with Crippen molar-refractivity contribution in [1.29, 1.82) is 0 Å². The lowest BCUT2D eigenvalue weighted by Gasteiger charge is -2.47. The summed E-state index contributed by atoms with van der Waals surface area (Å²) < 4.78 is 2.29. The summed E-state index contributed by atoms with van der Waals surface area (Å²) in [7, 11) is 0. The third kappa shape index (κ3) is 2.85. The van der Waals surface area contributed by atoms with Crippen LogP contribution in [0.2, 0.25) is 0 Å². The number of H-pyrrole nitrogens is 1. The summed E-state index contributed by atoms with van der Waals surface area (Å²) in [5, 5.41) is 14.4. The van der Waals surface area contributed by atoms with Crippen LogP contribution in [0.1, 0.15) is 25.3 Å². The van der Waals surface area contributed by atoms with Crippen LogP contribution in [0.15, 0.2) is 55.1 Å². The molecule has 32 heavy (non-hydrogen) atoms. The van der Waals surface area contributed by atoms with Crippen molar-refractivity contribution in [3.63, 3.8) is 0 Å². The number of hydrogen-bond acceptors (Lipinski definition) is 7. The van der Waals surface area contributed by atoms with Gasteiger partial charge in [-0.05, 0) is 43.5 Å². The highest BCUT2D eigenvalue weighted by Crippen LogP contribution is 2.37. The first-order chi connectivity index (χ1) is 15.8. The maximum absolute atomic E-state index is 4.87. The highest BCUT2D eigenvalue weighted by molar-refractivity contribution is 5.90. The number of nitrogens with one attached hydrogen (secondary N) is 3. The van der Waals surface area contributed by atoms with Gasteiger partial charge in [-0.2, -0.15) is 5.10 Å². The van der Waals surface area contributed by atoms with Crippen LogP contribution >= 0.6 is 0 Å². The van der Waals surface area contributed by atoms with Crippen LogP contribution in [0.3, 0.4) is 0 Å². The Morgan fingerprint density at radius 3 is 2.75 bits per heavy atom. The third-order valence-electron chi connectivity index (χ3n) is 6.59. The first-order valence-electron chi connectivity index (χ1n) is 10.9. The molecule has 1 saturated carbocycles. The van der Waals surface area contributed by atoms with Gasteiger partial charge in [0.2, 0.25) is 0 Å². The second-order valence-corrected chi connectivity index (χ2v) is 8.63. The molecule has 8 rings (SSSR count). The van der Waals surface area contributed by atoms with Crippen molar-refractivity contribution in [2.45, 2.75) is 37.4 Å². The van der Waals surface area contributed by atoms with Crippen LogP contribution < -0.4 is 10.6 Å². The number of piperidine rings is 1. The molecular formula is C23H21N9. The standard InChI is InChI=1S/C23H21N9/c1-2-17-22(25-5-1)16(3-6-24-17)19-11-20(31-30-19)28-21-12-26-18-4-7-32(23(18)29-21)15-9-13-8-14(10-15)27-13/h1-7,11-15,27H,8-10H2,(H2,28,29,30,31). The maximum atomic E-state index is 4.87. The second kappa shape index (κ2) is 6.83. The summed E-state index contributed by atoms with van der Waals surface area (Å²) in [5.74, 6) is 1.35. The molecule has 2 aliphatic heterocycles. The van der Waals surface area contributed by atoms with Crippen LogP contribution in [-0.4, -0.2) is 46.8 Å². The Hall–Kier alpha value is -3.85. The van der Waals surface area contributed by atoms with Gasteiger partial charge in [-0.1, -0.05) is 0 Å². The van der Waals surface area contributed by atoms with Crippen LogP contribution in [0.5, 0.6) is 0 Å². The zero-order valence-electron chi connectivity index (χ0n) is 17.2. The molecule has 0 spiro atoms. The van der Waals surface area contributed by atoms with Crippen molar-refractivity contribution in [3.8, 4) is 11.3 Å². The highest BCUT2D eigenvalue weighted by atomic mass is 15.2. The minimum atomic E-state index is 0.478. The van der Waals surface area contributed by atoms with E-state index in [-0.39, 0.29) is 0 Å². The predicted molar refractivity (Wildman–Crippen MR) is 122 cm³/mol. The molecule has 3 N–H and O–H groups in total. The van der Waals surface area contributed by atoms with Crippen LogP contribution in [0.4, 0.5) is 11.6 Å². The monoisotopic (exact) mass is 423 g/mol. The number of aromatic nitrogens is 7. The van der Waals surface area contributed by atoms with Gasteiger partial charge in [-0.3, -0.25) is 15.1 Å². The first kappa shape index (κ1) is 17.8. The van der Waals surface area contributed by atoms with E-state index in [1.807, 2.05) is 30.3 Å². The van der Waals surface area contributed by atoms with Crippen molar-refractivity contribution in [3.05, 3.63) is 55.1 Å². The van der Waals surface area contributed by atoms with Gasteiger partial charge in [0.15, 0.2) is 17.3 Å². The Morgan fingerprint density at radius 2 is 1.84 bits per heavy atom. The first-order valence-corrected chi connectivity index (χ1v) is 10.9. The van der Waals surface area contributed by atoms with E-state index in [0.29, 0.717) is 29.8 Å². The molecule has 2 bridgehead atoms. The molecule has 1 aliphatic carbocycles. The average molecular weight is 423 g/mol. The number of aromatic amines is 1. The van der Waals surface area contributed by atoms with E-state index < -0.39 is 0 Å². The van der Waals surface area contributed by atoms with Crippen LogP contribution in [0.25, 0.3) is 33.5 Å². The largest absolute Gasteiger partial charge is 0.328 e. The van der Waals surface area contributed by atoms with E-state index >= 15 is 0 Å². The third-order valence-corrected chi connectivity index (χ3v) is 6.59. The maximum Gasteiger partial charge on any atom is 0.161 e. The van der Waals surface area contributed by atoms with Crippen molar-refractivity contribution in [2.24, 2.45) is 0 Å². The molecule has 0 radical (unpaired) electrons. The van der Waals surface area contributed by atoms with Crippen molar-refractivity contribution in [1.82, 2.24) is 40.0 Å². The summed E-state index contributed by atoms with van der Waals surface area (Å²) >= 11 is 0. The quantitative estimate of drug-likeness (QED) is 0.405. The zero-order chi connectivity index (χ0) is 21.1. The lowest BCUT2D eigenvalue weighted by atomic mass is 9.79. The predicted octanol–water partition coefficient (Wildman–Crippen LogP) is 3.57. The Kier molecular flexibility index (Phi) is 3.80. The van der Waals surface area contributed by atoms with Gasteiger partial charge in [0.05, 0.1) is 22.9 Å². The Bertz CT molecular complexity index is 1430. The molecule has 0 amide bonds. The molecule has 9 heteroatoms. The molecule has 3 aliphatic rings. The van der Waals surface area contributed by atoms with E-state index in [1.165, 1.54) is 6.42 Å². The molecule has 9 nitrogen and oxygen atoms in total. The number of pyridine rings is 2. The lowest BCUT2D eigenvalue weighted by molar-refractivity contribution is 0.134. The SMILES string of the molecule is c1cnc2c(-c3cc(Nc4cnc5ccn(C6CC7CC(C6)N7)c5n4)n[nH]3)ccnc2c1. The molecule has 2 saturated heterocycles. The number of nitrogens with zero attached hydrogens (tertiary/aromatic N) is 6. The van der Waals surface area contributed by atoms with Gasteiger partial charge in [0.1, 0.15) is 5.52 Å². The van der Waals surface area contributed by atoms with Gasteiger partial charge in [0, 0.05) is 48.3 Å². The molecule has 7 heterocycles. The van der Waals surface area contributed by atoms with Crippen molar-refractivity contribution < 1.29 is 0 Å². The van der Waals surface area contributed by atoms with Gasteiger partial charge in [-0.15, -0.1) is 0 Å². The van der Waals surface area contributed by atoms with Gasteiger partial charge in [0.25, 0.3) is 0 Å². The fraction of sp³-hybridized carbons (Fsp3) is 0.261. The lowest BCUT2D eigenvalue weighted by Crippen LogP contribution is -2.57. The van der Waals surface area contributed by atoms with E-state index in [2.05, 4.69) is 46.5 Å². The number of hydrogen-bond donors (Lipinski definition) is 3. The van der Waals surface area contributed by atoms with E-state index in [1.54, 1.807) is 18.6 Å². The van der Waals surface area contributed by atoms with Crippen molar-refractivity contribution >= 4 is 33.8 Å². The molecule has 0 aromatic carbocycles. The summed E-state index contributed by atoms with van der Waals surface area (Å²) in [6.45, 7) is 0. The molecule has 3 fully saturated rings. The number of rotatable bonds is 4. The smallest absolute Gasteiger partial charge is 0.161 e. The molecule has 2 unspecified atom stereocenters. The van der Waals surface area contributed by atoms with Crippen LogP contribution in [-0.2, 0) is 0 Å². The van der Waals surface area contributed by atoms with E-state index in [0.717, 1.165) is 46.3 Å². The minimum absolute atomic E-state index is 0.478. The van der Waals surface area contributed by atoms with Gasteiger partial charge in [-0.25, -0.2) is 9.97 Å². The van der Waals surface area contributed by atoms with Crippen molar-refractivity contribution in [2.75, 3.05) is 5.32 Å². The summed E-state index contributed by atoms with van der Waals surface area (Å²) in [4.78, 5) is 18.3. The molecule has 2 atom stereocenters. The number of fused-ring (bicyclic) bond motifs is 4. The summed E-state index contributed by atoms with van der Waals surface area (Å²) in [5.41, 5.74) is 5.34. The Labute approximate surface area is 183 Å². The summed E-state index contributed by atoms with van der Waals surface area (Å²) in [6, 6.07) is 11.5. The molecule has 5 aromatic rings. The summed E-state index contributed by atoms with van der Waals surface area (Å²) in [6.07, 6.45) is 11.0. The molecule has 158 valence electrons. The Balaban J connectivity index is 1.19. The fourth-order valence-corrected chi connectivity index (χ4v) is 5.09. The zero-order valence-corrected chi connectivity index (χ0v) is 17.2. The Morgan fingerprint density at radius 1 is 0.938 bits per heavy atom. The normalized spacial score (nSPS) is 22.2. The fourth-order valence-electron chi connectivity index (χ4n) is 5.09. The number of anilines is 2. The minimum Gasteiger partial charge on any atom is -0.328 e. The molecular weight excluding hydrogens is 402 g/mol. The molecule has 5 aromatic heterocycles. The van der Waals surface area contributed by atoms with Gasteiger partial charge < -0.3 is 15.2 Å². The van der Waals surface area contributed by atoms with E-state index in [4.69, 9.17) is 4.98 Å². The second-order valence-electron chi connectivity index (χ2n) is 8.63. The highest BCUT2D eigenvalue weighted by Gasteiger charge is 2.38. The van der Waals surface area contributed by atoms with Gasteiger partial charge >= 0.3 is 0 Å². The van der Waals surface area contributed by atoms with E-state index in [9.17, 15) is 0 Å². The topological polar surface area (TPSA) is 109 Å². The van der Waals surface area contributed by atoms with Crippen LogP contribution in [0, 0.1) is 0 Å².